The normalized spacial score (nSPS) is 58.7. The molecule has 0 radical (unpaired) electrons. The fourth-order valence-corrected chi connectivity index (χ4v) is 4.78. The average molecular weight is 266 g/mol. The van der Waals surface area contributed by atoms with Gasteiger partial charge in [0, 0.05) is 12.3 Å². The highest BCUT2D eigenvalue weighted by atomic mass is 16.6. The van der Waals surface area contributed by atoms with E-state index < -0.39 is 0 Å². The van der Waals surface area contributed by atoms with Crippen LogP contribution in [0.3, 0.4) is 0 Å². The van der Waals surface area contributed by atoms with Crippen LogP contribution >= 0.6 is 0 Å². The molecule has 0 spiro atoms. The predicted octanol–water partition coefficient (Wildman–Crippen LogP) is 1.91. The molecule has 0 aromatic heterocycles. The number of hydrogen-bond acceptors (Lipinski definition) is 4. The molecule has 4 rings (SSSR count). The van der Waals surface area contributed by atoms with E-state index in [1.807, 2.05) is 0 Å². The molecule has 2 aliphatic carbocycles. The summed E-state index contributed by atoms with van der Waals surface area (Å²) in [5.74, 6) is 1.35. The van der Waals surface area contributed by atoms with Gasteiger partial charge in [0.25, 0.3) is 6.47 Å². The molecule has 0 N–H and O–H groups in total. The molecule has 4 aliphatic rings. The van der Waals surface area contributed by atoms with Gasteiger partial charge >= 0.3 is 0 Å². The van der Waals surface area contributed by atoms with Crippen LogP contribution in [-0.2, 0) is 19.0 Å². The molecule has 4 nitrogen and oxygen atoms in total. The topological polar surface area (TPSA) is 51.4 Å². The van der Waals surface area contributed by atoms with E-state index in [1.54, 1.807) is 0 Å². The molecule has 8 atom stereocenters. The molecule has 2 heterocycles. The first-order valence-corrected chi connectivity index (χ1v) is 7.56. The van der Waals surface area contributed by atoms with Crippen molar-refractivity contribution in [3.63, 3.8) is 0 Å². The van der Waals surface area contributed by atoms with E-state index in [4.69, 9.17) is 14.2 Å². The van der Waals surface area contributed by atoms with Crippen LogP contribution in [0.4, 0.5) is 0 Å². The van der Waals surface area contributed by atoms with E-state index in [1.165, 1.54) is 0 Å². The summed E-state index contributed by atoms with van der Waals surface area (Å²) < 4.78 is 17.1. The quantitative estimate of drug-likeness (QED) is 0.578. The summed E-state index contributed by atoms with van der Waals surface area (Å²) in [6, 6.07) is 0. The predicted molar refractivity (Wildman–Crippen MR) is 67.5 cm³/mol. The monoisotopic (exact) mass is 266 g/mol. The van der Waals surface area contributed by atoms with E-state index in [2.05, 4.69) is 13.8 Å². The number of hydrogen-bond donors (Lipinski definition) is 0. The molecule has 0 aromatic rings. The molecular formula is C15H22O4. The number of carbonyl (C=O) groups excluding carboxylic acids is 1. The first-order chi connectivity index (χ1) is 9.14. The van der Waals surface area contributed by atoms with Crippen LogP contribution in [0.5, 0.6) is 0 Å². The fraction of sp³-hybridized carbons (Fsp3) is 0.933. The van der Waals surface area contributed by atoms with Crippen molar-refractivity contribution in [1.29, 1.82) is 0 Å². The lowest BCUT2D eigenvalue weighted by Gasteiger charge is -2.48. The Morgan fingerprint density at radius 3 is 2.53 bits per heavy atom. The molecular weight excluding hydrogens is 244 g/mol. The van der Waals surface area contributed by atoms with Crippen molar-refractivity contribution >= 4 is 6.47 Å². The van der Waals surface area contributed by atoms with Crippen molar-refractivity contribution in [3.8, 4) is 0 Å². The van der Waals surface area contributed by atoms with Crippen LogP contribution < -0.4 is 0 Å². The van der Waals surface area contributed by atoms with Crippen molar-refractivity contribution in [1.82, 2.24) is 0 Å². The summed E-state index contributed by atoms with van der Waals surface area (Å²) in [6.07, 6.45) is 5.69. The van der Waals surface area contributed by atoms with Gasteiger partial charge in [-0.2, -0.15) is 0 Å². The van der Waals surface area contributed by atoms with E-state index in [-0.39, 0.29) is 5.60 Å². The van der Waals surface area contributed by atoms with Gasteiger partial charge in [0.1, 0.15) is 5.60 Å². The molecule has 0 amide bonds. The first-order valence-electron chi connectivity index (χ1n) is 7.56. The summed E-state index contributed by atoms with van der Waals surface area (Å²) in [5, 5.41) is 0. The first kappa shape index (κ1) is 12.2. The van der Waals surface area contributed by atoms with Gasteiger partial charge < -0.3 is 14.2 Å². The zero-order chi connectivity index (χ0) is 13.2. The summed E-state index contributed by atoms with van der Waals surface area (Å²) in [4.78, 5) is 11.1. The lowest BCUT2D eigenvalue weighted by atomic mass is 9.61. The minimum atomic E-state index is -0.324. The molecule has 2 saturated carbocycles. The van der Waals surface area contributed by atoms with Crippen LogP contribution in [-0.4, -0.2) is 36.5 Å². The molecule has 4 heteroatoms. The highest BCUT2D eigenvalue weighted by molar-refractivity contribution is 5.39. The fourth-order valence-electron chi connectivity index (χ4n) is 4.78. The molecule has 2 saturated heterocycles. The van der Waals surface area contributed by atoms with Crippen molar-refractivity contribution in [2.45, 2.75) is 69.5 Å². The van der Waals surface area contributed by atoms with Crippen LogP contribution in [0.15, 0.2) is 0 Å². The van der Waals surface area contributed by atoms with Crippen molar-refractivity contribution in [2.24, 2.45) is 17.8 Å². The van der Waals surface area contributed by atoms with E-state index in [9.17, 15) is 4.79 Å². The number of ether oxygens (including phenoxy) is 3. The van der Waals surface area contributed by atoms with Crippen LogP contribution in [0.25, 0.3) is 0 Å². The van der Waals surface area contributed by atoms with Crippen LogP contribution in [0.2, 0.25) is 0 Å². The van der Waals surface area contributed by atoms with Crippen molar-refractivity contribution in [3.05, 3.63) is 0 Å². The average Bonchev–Trinajstić information content (AvgIpc) is 3.24. The second-order valence-corrected chi connectivity index (χ2v) is 6.99. The Bertz CT molecular complexity index is 398. The Morgan fingerprint density at radius 2 is 1.74 bits per heavy atom. The van der Waals surface area contributed by atoms with Crippen LogP contribution in [0, 0.1) is 17.8 Å². The Labute approximate surface area is 113 Å². The third-order valence-electron chi connectivity index (χ3n) is 5.99. The van der Waals surface area contributed by atoms with Crippen molar-refractivity contribution in [2.75, 3.05) is 0 Å². The molecule has 0 bridgehead atoms. The zero-order valence-corrected chi connectivity index (χ0v) is 11.6. The second-order valence-electron chi connectivity index (χ2n) is 6.99. The smallest absolute Gasteiger partial charge is 0.293 e. The third-order valence-corrected chi connectivity index (χ3v) is 5.99. The van der Waals surface area contributed by atoms with E-state index in [0.29, 0.717) is 48.6 Å². The molecule has 106 valence electrons. The largest absolute Gasteiger partial charge is 0.461 e. The lowest BCUT2D eigenvalue weighted by molar-refractivity contribution is -0.169. The Kier molecular flexibility index (Phi) is 2.53. The molecule has 0 aromatic carbocycles. The van der Waals surface area contributed by atoms with Gasteiger partial charge in [-0.15, -0.1) is 0 Å². The highest BCUT2D eigenvalue weighted by Gasteiger charge is 2.62. The number of fused-ring (bicyclic) bond motifs is 2. The molecule has 4 fully saturated rings. The Balaban J connectivity index is 1.63. The summed E-state index contributed by atoms with van der Waals surface area (Å²) in [7, 11) is 0. The van der Waals surface area contributed by atoms with Crippen molar-refractivity contribution < 1.29 is 19.0 Å². The Morgan fingerprint density at radius 1 is 1.05 bits per heavy atom. The van der Waals surface area contributed by atoms with Gasteiger partial charge in [-0.3, -0.25) is 4.79 Å². The number of epoxide rings is 2. The molecule has 19 heavy (non-hydrogen) atoms. The van der Waals surface area contributed by atoms with Gasteiger partial charge in [-0.05, 0) is 31.1 Å². The summed E-state index contributed by atoms with van der Waals surface area (Å²) in [5.41, 5.74) is -0.324. The molecule has 8 unspecified atom stereocenters. The maximum Gasteiger partial charge on any atom is 0.293 e. The highest BCUT2D eigenvalue weighted by Crippen LogP contribution is 2.56. The van der Waals surface area contributed by atoms with Gasteiger partial charge in [0.15, 0.2) is 0 Å². The minimum absolute atomic E-state index is 0.321. The third kappa shape index (κ3) is 1.76. The zero-order valence-electron chi connectivity index (χ0n) is 11.6. The second kappa shape index (κ2) is 3.95. The maximum atomic E-state index is 11.1. The minimum Gasteiger partial charge on any atom is -0.461 e. The summed E-state index contributed by atoms with van der Waals surface area (Å²) in [6.45, 7) is 5.16. The van der Waals surface area contributed by atoms with E-state index in [0.717, 1.165) is 25.7 Å². The summed E-state index contributed by atoms with van der Waals surface area (Å²) >= 11 is 0. The number of rotatable bonds is 3. The van der Waals surface area contributed by atoms with Crippen LogP contribution in [0.1, 0.15) is 39.5 Å². The van der Waals surface area contributed by atoms with E-state index >= 15 is 0 Å². The Hall–Kier alpha value is -0.610. The standard InChI is InChI=1S/C15H22O4/c1-8-3-11-13(18-11)5-10(8)15(17-7-16)6-14-12(19-14)4-9(15)2/h7-14H,3-6H2,1-2H3. The maximum absolute atomic E-state index is 11.1. The molecule has 2 aliphatic heterocycles. The SMILES string of the molecule is CC1CC2OC2CC1C1(OC=O)CC2OC2CC1C. The van der Waals surface area contributed by atoms with Gasteiger partial charge in [-0.25, -0.2) is 0 Å². The number of carbonyl (C=O) groups is 1. The van der Waals surface area contributed by atoms with Gasteiger partial charge in [0.2, 0.25) is 0 Å². The lowest BCUT2D eigenvalue weighted by Crippen LogP contribution is -2.53. The van der Waals surface area contributed by atoms with Gasteiger partial charge in [0.05, 0.1) is 24.4 Å². The van der Waals surface area contributed by atoms with Gasteiger partial charge in [-0.1, -0.05) is 13.8 Å².